The molecule has 4 N–H and O–H groups in total. The van der Waals surface area contributed by atoms with Crippen molar-refractivity contribution in [3.8, 4) is 0 Å². The molecule has 6 nitrogen and oxygen atoms in total. The van der Waals surface area contributed by atoms with E-state index < -0.39 is 18.1 Å². The van der Waals surface area contributed by atoms with Gasteiger partial charge in [0.05, 0.1) is 0 Å². The molecule has 16 heavy (non-hydrogen) atoms. The molecule has 1 atom stereocenters. The van der Waals surface area contributed by atoms with Gasteiger partial charge in [-0.3, -0.25) is 4.79 Å². The van der Waals surface area contributed by atoms with Crippen molar-refractivity contribution in [2.45, 2.75) is 12.5 Å². The molecule has 1 rings (SSSR count). The van der Waals surface area contributed by atoms with E-state index in [0.29, 0.717) is 0 Å². The number of aliphatic carboxylic acids is 1. The molecule has 0 radical (unpaired) electrons. The van der Waals surface area contributed by atoms with Crippen LogP contribution in [-0.4, -0.2) is 23.2 Å². The minimum absolute atomic E-state index is 0.198. The summed E-state index contributed by atoms with van der Waals surface area (Å²) in [6.45, 7) is 0. The number of hydrogen-bond donors (Lipinski definition) is 3. The molecule has 0 heterocycles. The smallest absolute Gasteiger partial charge is 0.423 e. The highest BCUT2D eigenvalue weighted by atomic mass is 16.7. The Morgan fingerprint density at radius 2 is 2.00 bits per heavy atom. The van der Waals surface area contributed by atoms with Crippen LogP contribution in [0.4, 0.5) is 4.79 Å². The van der Waals surface area contributed by atoms with Crippen molar-refractivity contribution in [3.63, 3.8) is 0 Å². The topological polar surface area (TPSA) is 102 Å². The number of benzene rings is 1. The molecule has 0 aliphatic rings. The maximum absolute atomic E-state index is 10.8. The van der Waals surface area contributed by atoms with Crippen molar-refractivity contribution < 1.29 is 19.5 Å². The second kappa shape index (κ2) is 5.72. The molecule has 86 valence electrons. The van der Waals surface area contributed by atoms with Crippen LogP contribution in [0.5, 0.6) is 0 Å². The van der Waals surface area contributed by atoms with Crippen LogP contribution in [0.2, 0.25) is 0 Å². The fraction of sp³-hybridized carbons (Fsp3) is 0.200. The largest absolute Gasteiger partial charge is 0.480 e. The minimum atomic E-state index is -1.12. The summed E-state index contributed by atoms with van der Waals surface area (Å²) in [5, 5.41) is 8.85. The summed E-state index contributed by atoms with van der Waals surface area (Å²) in [4.78, 5) is 25.4. The van der Waals surface area contributed by atoms with Crippen LogP contribution >= 0.6 is 0 Å². The number of rotatable bonds is 5. The molecule has 0 saturated heterocycles. The van der Waals surface area contributed by atoms with Gasteiger partial charge in [0.1, 0.15) is 6.04 Å². The van der Waals surface area contributed by atoms with Gasteiger partial charge in [-0.15, -0.1) is 5.48 Å². The number of carboxylic acid groups (broad SMARTS) is 1. The first-order valence-electron chi connectivity index (χ1n) is 4.58. The zero-order valence-corrected chi connectivity index (χ0v) is 8.42. The SMILES string of the molecule is NC(=O)ON[C@@H](Cc1ccccc1)C(=O)O. The van der Waals surface area contributed by atoms with Crippen molar-refractivity contribution in [1.29, 1.82) is 0 Å². The summed E-state index contributed by atoms with van der Waals surface area (Å²) in [5.74, 6) is -1.12. The van der Waals surface area contributed by atoms with Crippen LogP contribution in [0.25, 0.3) is 0 Å². The zero-order valence-electron chi connectivity index (χ0n) is 8.42. The van der Waals surface area contributed by atoms with Crippen LogP contribution in [0, 0.1) is 0 Å². The summed E-state index contributed by atoms with van der Waals surface area (Å²) >= 11 is 0. The third-order valence-corrected chi connectivity index (χ3v) is 1.88. The molecule has 6 heteroatoms. The van der Waals surface area contributed by atoms with E-state index in [-0.39, 0.29) is 6.42 Å². The number of amides is 1. The molecule has 1 amide bonds. The van der Waals surface area contributed by atoms with E-state index in [1.165, 1.54) is 0 Å². The monoisotopic (exact) mass is 224 g/mol. The number of nitrogens with two attached hydrogens (primary N) is 1. The molecule has 1 aromatic carbocycles. The van der Waals surface area contributed by atoms with Gasteiger partial charge in [0, 0.05) is 6.42 Å². The quantitative estimate of drug-likeness (QED) is 0.623. The molecule has 0 aliphatic heterocycles. The first-order chi connectivity index (χ1) is 7.59. The van der Waals surface area contributed by atoms with Crippen LogP contribution in [-0.2, 0) is 16.1 Å². The average molecular weight is 224 g/mol. The van der Waals surface area contributed by atoms with E-state index in [0.717, 1.165) is 5.56 Å². The van der Waals surface area contributed by atoms with E-state index in [9.17, 15) is 9.59 Å². The van der Waals surface area contributed by atoms with Gasteiger partial charge in [0.25, 0.3) is 0 Å². The molecule has 0 saturated carbocycles. The van der Waals surface area contributed by atoms with E-state index in [1.807, 2.05) is 6.07 Å². The Morgan fingerprint density at radius 1 is 1.38 bits per heavy atom. The van der Waals surface area contributed by atoms with Gasteiger partial charge in [0.15, 0.2) is 0 Å². The zero-order chi connectivity index (χ0) is 12.0. The Morgan fingerprint density at radius 3 is 2.50 bits per heavy atom. The molecule has 0 aliphatic carbocycles. The lowest BCUT2D eigenvalue weighted by Gasteiger charge is -2.12. The van der Waals surface area contributed by atoms with Gasteiger partial charge in [-0.25, -0.2) is 4.79 Å². The molecule has 0 unspecified atom stereocenters. The van der Waals surface area contributed by atoms with Crippen molar-refractivity contribution in [1.82, 2.24) is 5.48 Å². The fourth-order valence-corrected chi connectivity index (χ4v) is 1.16. The lowest BCUT2D eigenvalue weighted by Crippen LogP contribution is -2.40. The third kappa shape index (κ3) is 3.97. The highest BCUT2D eigenvalue weighted by Gasteiger charge is 2.18. The first-order valence-corrected chi connectivity index (χ1v) is 4.58. The molecular weight excluding hydrogens is 212 g/mol. The maximum Gasteiger partial charge on any atom is 0.423 e. The number of carbonyl (C=O) groups excluding carboxylic acids is 1. The van der Waals surface area contributed by atoms with Crippen LogP contribution in [0.1, 0.15) is 5.56 Å². The molecule has 0 spiro atoms. The number of hydroxylamine groups is 1. The first kappa shape index (κ1) is 12.0. The Balaban J connectivity index is 2.58. The second-order valence-electron chi connectivity index (χ2n) is 3.12. The molecule has 0 bridgehead atoms. The number of carbonyl (C=O) groups is 2. The Kier molecular flexibility index (Phi) is 4.28. The third-order valence-electron chi connectivity index (χ3n) is 1.88. The van der Waals surface area contributed by atoms with Crippen molar-refractivity contribution in [3.05, 3.63) is 35.9 Å². The van der Waals surface area contributed by atoms with Gasteiger partial charge in [0.2, 0.25) is 0 Å². The minimum Gasteiger partial charge on any atom is -0.480 e. The highest BCUT2D eigenvalue weighted by Crippen LogP contribution is 2.03. The lowest BCUT2D eigenvalue weighted by molar-refractivity contribution is -0.142. The Hall–Kier alpha value is -2.08. The Bertz CT molecular complexity index is 366. The molecule has 0 aromatic heterocycles. The van der Waals surface area contributed by atoms with Gasteiger partial charge in [-0.2, -0.15) is 0 Å². The van der Waals surface area contributed by atoms with Crippen molar-refractivity contribution >= 4 is 12.1 Å². The van der Waals surface area contributed by atoms with E-state index in [2.05, 4.69) is 10.3 Å². The molecule has 1 aromatic rings. The van der Waals surface area contributed by atoms with Gasteiger partial charge < -0.3 is 15.7 Å². The average Bonchev–Trinajstić information content (AvgIpc) is 2.25. The number of nitrogens with one attached hydrogen (secondary N) is 1. The van der Waals surface area contributed by atoms with Crippen LogP contribution in [0.3, 0.4) is 0 Å². The van der Waals surface area contributed by atoms with Gasteiger partial charge >= 0.3 is 12.1 Å². The predicted octanol–water partition coefficient (Wildman–Crippen LogP) is 0.282. The lowest BCUT2D eigenvalue weighted by atomic mass is 10.1. The summed E-state index contributed by atoms with van der Waals surface area (Å²) < 4.78 is 0. The number of hydrogen-bond acceptors (Lipinski definition) is 4. The second-order valence-corrected chi connectivity index (χ2v) is 3.12. The van der Waals surface area contributed by atoms with Crippen LogP contribution in [0.15, 0.2) is 30.3 Å². The summed E-state index contributed by atoms with van der Waals surface area (Å²) in [7, 11) is 0. The van der Waals surface area contributed by atoms with Crippen molar-refractivity contribution in [2.24, 2.45) is 5.73 Å². The highest BCUT2D eigenvalue weighted by molar-refractivity contribution is 5.74. The summed E-state index contributed by atoms with van der Waals surface area (Å²) in [5.41, 5.74) is 7.63. The van der Waals surface area contributed by atoms with E-state index >= 15 is 0 Å². The summed E-state index contributed by atoms with van der Waals surface area (Å²) in [6, 6.07) is 7.96. The molecular formula is C10H12N2O4. The van der Waals surface area contributed by atoms with Crippen molar-refractivity contribution in [2.75, 3.05) is 0 Å². The fourth-order valence-electron chi connectivity index (χ4n) is 1.16. The standard InChI is InChI=1S/C10H12N2O4/c11-10(15)16-12-8(9(13)14)6-7-4-2-1-3-5-7/h1-5,8,12H,6H2,(H2,11,15)(H,13,14)/t8-/m0/s1. The molecule has 0 fully saturated rings. The number of primary amides is 1. The Labute approximate surface area is 92.0 Å². The number of carboxylic acids is 1. The maximum atomic E-state index is 10.8. The van der Waals surface area contributed by atoms with E-state index in [4.69, 9.17) is 10.8 Å². The van der Waals surface area contributed by atoms with Gasteiger partial charge in [-0.1, -0.05) is 30.3 Å². The normalized spacial score (nSPS) is 11.8. The van der Waals surface area contributed by atoms with Gasteiger partial charge in [-0.05, 0) is 5.56 Å². The van der Waals surface area contributed by atoms with Crippen LogP contribution < -0.4 is 11.2 Å². The predicted molar refractivity (Wildman–Crippen MR) is 55.4 cm³/mol. The van der Waals surface area contributed by atoms with E-state index in [1.54, 1.807) is 24.3 Å². The summed E-state index contributed by atoms with van der Waals surface area (Å²) in [6.07, 6.45) is -0.872.